The van der Waals surface area contributed by atoms with Gasteiger partial charge in [-0.2, -0.15) is 0 Å². The Kier molecular flexibility index (Phi) is 9.74. The fourth-order valence-electron chi connectivity index (χ4n) is 4.88. The van der Waals surface area contributed by atoms with Crippen LogP contribution in [0.2, 0.25) is 5.15 Å². The zero-order valence-electron chi connectivity index (χ0n) is 22.9. The summed E-state index contributed by atoms with van der Waals surface area (Å²) >= 11 is 8.06. The lowest BCUT2D eigenvalue weighted by atomic mass is 9.98. The van der Waals surface area contributed by atoms with Crippen molar-refractivity contribution in [2.45, 2.75) is 43.6 Å². The van der Waals surface area contributed by atoms with E-state index in [-0.39, 0.29) is 5.91 Å². The van der Waals surface area contributed by atoms with Crippen molar-refractivity contribution in [1.29, 1.82) is 0 Å². The smallest absolute Gasteiger partial charge is 0.253 e. The number of rotatable bonds is 10. The number of halogens is 1. The number of aromatic nitrogens is 2. The Labute approximate surface area is 246 Å². The number of nitrogens with zero attached hydrogens (tertiary/aromatic N) is 4. The normalized spacial score (nSPS) is 13.8. The van der Waals surface area contributed by atoms with Crippen LogP contribution in [0.1, 0.15) is 46.8 Å². The van der Waals surface area contributed by atoms with Crippen molar-refractivity contribution >= 4 is 35.1 Å². The molecule has 0 bridgehead atoms. The van der Waals surface area contributed by atoms with Crippen LogP contribution in [0.5, 0.6) is 0 Å². The number of carbonyl (C=O) groups excluding carboxylic acids is 1. The standard InChI is InChI=1S/C33H35ClN4OS/c1-25-16-19-37(20-17-25)32(39)29-14-12-28(13-15-29)24-40-33-35-30(34)22-31(36-33)38(23-27-10-6-3-7-11-27)21-18-26-8-4-2-5-9-26/h2-15,22,25H,16-21,23-24H2,1H3. The van der Waals surface area contributed by atoms with Crippen molar-refractivity contribution in [3.05, 3.63) is 118 Å². The van der Waals surface area contributed by atoms with E-state index in [2.05, 4.69) is 65.3 Å². The lowest BCUT2D eigenvalue weighted by Gasteiger charge is -2.30. The van der Waals surface area contributed by atoms with Gasteiger partial charge in [0.05, 0.1) is 0 Å². The summed E-state index contributed by atoms with van der Waals surface area (Å²) in [6, 6.07) is 30.7. The monoisotopic (exact) mass is 570 g/mol. The summed E-state index contributed by atoms with van der Waals surface area (Å²) in [5.41, 5.74) is 4.36. The third-order valence-electron chi connectivity index (χ3n) is 7.35. The summed E-state index contributed by atoms with van der Waals surface area (Å²) in [6.45, 7) is 5.49. The predicted molar refractivity (Wildman–Crippen MR) is 165 cm³/mol. The quantitative estimate of drug-likeness (QED) is 0.112. The maximum Gasteiger partial charge on any atom is 0.253 e. The van der Waals surface area contributed by atoms with Crippen LogP contribution < -0.4 is 4.90 Å². The van der Waals surface area contributed by atoms with Gasteiger partial charge in [0.15, 0.2) is 5.16 Å². The van der Waals surface area contributed by atoms with Gasteiger partial charge in [0.25, 0.3) is 5.91 Å². The minimum Gasteiger partial charge on any atom is -0.352 e. The molecule has 1 aliphatic rings. The van der Waals surface area contributed by atoms with Gasteiger partial charge >= 0.3 is 0 Å². The molecule has 1 saturated heterocycles. The molecule has 3 aromatic carbocycles. The van der Waals surface area contributed by atoms with E-state index in [1.165, 1.54) is 11.1 Å². The Hall–Kier alpha value is -3.35. The van der Waals surface area contributed by atoms with Crippen LogP contribution in [-0.2, 0) is 18.7 Å². The molecule has 5 rings (SSSR count). The van der Waals surface area contributed by atoms with Crippen LogP contribution >= 0.6 is 23.4 Å². The average molecular weight is 571 g/mol. The number of amides is 1. The van der Waals surface area contributed by atoms with Gasteiger partial charge in [0.1, 0.15) is 11.0 Å². The van der Waals surface area contributed by atoms with E-state index >= 15 is 0 Å². The van der Waals surface area contributed by atoms with Crippen LogP contribution in [-0.4, -0.2) is 40.4 Å². The summed E-state index contributed by atoms with van der Waals surface area (Å²) < 4.78 is 0. The van der Waals surface area contributed by atoms with Crippen molar-refractivity contribution < 1.29 is 4.79 Å². The predicted octanol–water partition coefficient (Wildman–Crippen LogP) is 7.54. The Morgan fingerprint density at radius 3 is 2.23 bits per heavy atom. The molecular formula is C33H35ClN4OS. The molecular weight excluding hydrogens is 536 g/mol. The summed E-state index contributed by atoms with van der Waals surface area (Å²) in [5.74, 6) is 2.34. The van der Waals surface area contributed by atoms with Crippen molar-refractivity contribution in [3.63, 3.8) is 0 Å². The molecule has 1 amide bonds. The lowest BCUT2D eigenvalue weighted by Crippen LogP contribution is -2.37. The number of piperidine rings is 1. The molecule has 0 spiro atoms. The highest BCUT2D eigenvalue weighted by Gasteiger charge is 2.21. The van der Waals surface area contributed by atoms with Crippen LogP contribution in [0.25, 0.3) is 0 Å². The molecule has 0 unspecified atom stereocenters. The van der Waals surface area contributed by atoms with E-state index in [1.54, 1.807) is 11.8 Å². The van der Waals surface area contributed by atoms with E-state index < -0.39 is 0 Å². The minimum absolute atomic E-state index is 0.128. The molecule has 5 nitrogen and oxygen atoms in total. The molecule has 1 fully saturated rings. The van der Waals surface area contributed by atoms with Crippen molar-refractivity contribution in [1.82, 2.24) is 14.9 Å². The maximum absolute atomic E-state index is 12.9. The Bertz CT molecular complexity index is 1380. The molecule has 7 heteroatoms. The molecule has 0 atom stereocenters. The largest absolute Gasteiger partial charge is 0.352 e. The van der Waals surface area contributed by atoms with Gasteiger partial charge in [-0.05, 0) is 54.0 Å². The second kappa shape index (κ2) is 13.8. The molecule has 2 heterocycles. The summed E-state index contributed by atoms with van der Waals surface area (Å²) in [7, 11) is 0. The van der Waals surface area contributed by atoms with Gasteiger partial charge in [-0.25, -0.2) is 9.97 Å². The van der Waals surface area contributed by atoms with Gasteiger partial charge < -0.3 is 9.80 Å². The first-order chi connectivity index (χ1) is 19.5. The van der Waals surface area contributed by atoms with Gasteiger partial charge in [-0.3, -0.25) is 4.79 Å². The van der Waals surface area contributed by atoms with Gasteiger partial charge in [0, 0.05) is 43.6 Å². The highest BCUT2D eigenvalue weighted by atomic mass is 35.5. The van der Waals surface area contributed by atoms with E-state index in [0.717, 1.165) is 62.4 Å². The highest BCUT2D eigenvalue weighted by Crippen LogP contribution is 2.26. The SMILES string of the molecule is CC1CCN(C(=O)c2ccc(CSc3nc(Cl)cc(N(CCc4ccccc4)Cc4ccccc4)n3)cc2)CC1. The average Bonchev–Trinajstić information content (AvgIpc) is 2.99. The highest BCUT2D eigenvalue weighted by molar-refractivity contribution is 7.98. The first kappa shape index (κ1) is 28.2. The van der Waals surface area contributed by atoms with E-state index in [4.69, 9.17) is 16.6 Å². The molecule has 0 radical (unpaired) electrons. The van der Waals surface area contributed by atoms with E-state index in [0.29, 0.717) is 22.0 Å². The zero-order chi connectivity index (χ0) is 27.7. The molecule has 0 N–H and O–H groups in total. The van der Waals surface area contributed by atoms with E-state index in [1.807, 2.05) is 47.4 Å². The summed E-state index contributed by atoms with van der Waals surface area (Å²) in [6.07, 6.45) is 3.06. The van der Waals surface area contributed by atoms with Crippen molar-refractivity contribution in [2.75, 3.05) is 24.5 Å². The second-order valence-electron chi connectivity index (χ2n) is 10.4. The second-order valence-corrected chi connectivity index (χ2v) is 11.8. The number of hydrogen-bond acceptors (Lipinski definition) is 5. The number of carbonyl (C=O) groups is 1. The zero-order valence-corrected chi connectivity index (χ0v) is 24.5. The maximum atomic E-state index is 12.9. The minimum atomic E-state index is 0.128. The molecule has 1 aromatic heterocycles. The molecule has 0 aliphatic carbocycles. The number of likely N-dealkylation sites (tertiary alicyclic amines) is 1. The summed E-state index contributed by atoms with van der Waals surface area (Å²) in [4.78, 5) is 26.5. The first-order valence-corrected chi connectivity index (χ1v) is 15.3. The van der Waals surface area contributed by atoms with Crippen molar-refractivity contribution in [3.8, 4) is 0 Å². The first-order valence-electron chi connectivity index (χ1n) is 13.9. The Morgan fingerprint density at radius 2 is 1.55 bits per heavy atom. The molecule has 4 aromatic rings. The molecule has 0 saturated carbocycles. The van der Waals surface area contributed by atoms with Gasteiger partial charge in [-0.1, -0.05) is 103 Å². The molecule has 40 heavy (non-hydrogen) atoms. The van der Waals surface area contributed by atoms with Crippen LogP contribution in [0.3, 0.4) is 0 Å². The van der Waals surface area contributed by atoms with Gasteiger partial charge in [0.2, 0.25) is 0 Å². The fourth-order valence-corrected chi connectivity index (χ4v) is 5.92. The Morgan fingerprint density at radius 1 is 0.900 bits per heavy atom. The number of hydrogen-bond donors (Lipinski definition) is 0. The topological polar surface area (TPSA) is 49.3 Å². The number of benzene rings is 3. The third-order valence-corrected chi connectivity index (χ3v) is 8.47. The van der Waals surface area contributed by atoms with Crippen LogP contribution in [0.4, 0.5) is 5.82 Å². The van der Waals surface area contributed by atoms with Crippen LogP contribution in [0.15, 0.2) is 96.2 Å². The van der Waals surface area contributed by atoms with E-state index in [9.17, 15) is 4.79 Å². The lowest BCUT2D eigenvalue weighted by molar-refractivity contribution is 0.0697. The third kappa shape index (κ3) is 7.86. The number of thioether (sulfide) groups is 1. The fraction of sp³-hybridized carbons (Fsp3) is 0.303. The summed E-state index contributed by atoms with van der Waals surface area (Å²) in [5, 5.41) is 1.07. The molecule has 206 valence electrons. The molecule has 1 aliphatic heterocycles. The van der Waals surface area contributed by atoms with Crippen LogP contribution in [0, 0.1) is 5.92 Å². The van der Waals surface area contributed by atoms with Gasteiger partial charge in [-0.15, -0.1) is 0 Å². The Balaban J connectivity index is 1.26. The number of anilines is 1. The van der Waals surface area contributed by atoms with Crippen molar-refractivity contribution in [2.24, 2.45) is 5.92 Å².